The van der Waals surface area contributed by atoms with E-state index in [1.54, 1.807) is 4.90 Å². The van der Waals surface area contributed by atoms with Gasteiger partial charge in [-0.1, -0.05) is 43.3 Å². The van der Waals surface area contributed by atoms with Gasteiger partial charge in [0.15, 0.2) is 0 Å². The van der Waals surface area contributed by atoms with Crippen molar-refractivity contribution in [3.63, 3.8) is 0 Å². The zero-order chi connectivity index (χ0) is 23.7. The summed E-state index contributed by atoms with van der Waals surface area (Å²) in [7, 11) is 0. The van der Waals surface area contributed by atoms with E-state index in [1.807, 2.05) is 55.5 Å². The molecule has 0 bridgehead atoms. The molecular formula is C28H32N4O2. The molecule has 1 unspecified atom stereocenters. The second-order valence-electron chi connectivity index (χ2n) is 9.31. The van der Waals surface area contributed by atoms with Gasteiger partial charge in [0.05, 0.1) is 11.6 Å². The van der Waals surface area contributed by atoms with Gasteiger partial charge in [0.25, 0.3) is 0 Å². The van der Waals surface area contributed by atoms with Crippen molar-refractivity contribution in [2.24, 2.45) is 5.92 Å². The zero-order valence-corrected chi connectivity index (χ0v) is 20.0. The number of carbonyl (C=O) groups is 2. The number of hydrogen-bond donors (Lipinski definition) is 1. The average Bonchev–Trinajstić information content (AvgIpc) is 3.26. The molecule has 176 valence electrons. The summed E-state index contributed by atoms with van der Waals surface area (Å²) in [5.74, 6) is -0.467. The van der Waals surface area contributed by atoms with Gasteiger partial charge < -0.3 is 20.0 Å². The number of hydrogen-bond acceptors (Lipinski definition) is 4. The normalized spacial score (nSPS) is 19.1. The molecule has 1 N–H and O–H groups in total. The quantitative estimate of drug-likeness (QED) is 0.623. The summed E-state index contributed by atoms with van der Waals surface area (Å²) >= 11 is 0. The van der Waals surface area contributed by atoms with E-state index in [0.717, 1.165) is 60.4 Å². The molecule has 0 saturated carbocycles. The fourth-order valence-electron chi connectivity index (χ4n) is 5.10. The summed E-state index contributed by atoms with van der Waals surface area (Å²) in [5.41, 5.74) is 3.93. The molecule has 2 heterocycles. The van der Waals surface area contributed by atoms with Crippen molar-refractivity contribution in [1.82, 2.24) is 4.90 Å². The Morgan fingerprint density at radius 3 is 2.53 bits per heavy atom. The zero-order valence-electron chi connectivity index (χ0n) is 20.0. The molecular weight excluding hydrogens is 424 g/mol. The first kappa shape index (κ1) is 22.4. The van der Waals surface area contributed by atoms with Gasteiger partial charge in [-0.25, -0.2) is 0 Å². The predicted molar refractivity (Wildman–Crippen MR) is 139 cm³/mol. The van der Waals surface area contributed by atoms with Gasteiger partial charge in [0.1, 0.15) is 0 Å². The van der Waals surface area contributed by atoms with Crippen LogP contribution in [0.25, 0.3) is 10.8 Å². The lowest BCUT2D eigenvalue weighted by Crippen LogP contribution is -2.46. The molecule has 3 aromatic carbocycles. The van der Waals surface area contributed by atoms with Crippen molar-refractivity contribution in [3.05, 3.63) is 66.2 Å². The highest BCUT2D eigenvalue weighted by molar-refractivity contribution is 6.08. The Kier molecular flexibility index (Phi) is 6.24. The van der Waals surface area contributed by atoms with E-state index in [1.165, 1.54) is 5.69 Å². The van der Waals surface area contributed by atoms with Crippen LogP contribution in [0.5, 0.6) is 0 Å². The number of piperazine rings is 1. The molecule has 5 rings (SSSR count). The van der Waals surface area contributed by atoms with E-state index in [9.17, 15) is 9.59 Å². The van der Waals surface area contributed by atoms with Gasteiger partial charge >= 0.3 is 0 Å². The lowest BCUT2D eigenvalue weighted by Gasteiger charge is -2.35. The number of nitrogens with zero attached hydrogens (tertiary/aromatic N) is 3. The third kappa shape index (κ3) is 4.38. The van der Waals surface area contributed by atoms with Crippen LogP contribution in [-0.4, -0.2) is 56.0 Å². The first-order chi connectivity index (χ1) is 16.5. The Labute approximate surface area is 201 Å². The summed E-state index contributed by atoms with van der Waals surface area (Å²) in [6, 6.07) is 20.2. The maximum atomic E-state index is 13.1. The third-order valence-corrected chi connectivity index (χ3v) is 7.21. The van der Waals surface area contributed by atoms with Crippen LogP contribution >= 0.6 is 0 Å². The summed E-state index contributed by atoms with van der Waals surface area (Å²) < 4.78 is 0. The number of benzene rings is 3. The van der Waals surface area contributed by atoms with Gasteiger partial charge in [-0.05, 0) is 48.7 Å². The first-order valence-corrected chi connectivity index (χ1v) is 12.2. The van der Waals surface area contributed by atoms with Crippen LogP contribution in [0.15, 0.2) is 60.7 Å². The van der Waals surface area contributed by atoms with Crippen molar-refractivity contribution in [2.45, 2.75) is 20.3 Å². The second-order valence-corrected chi connectivity index (χ2v) is 9.31. The van der Waals surface area contributed by atoms with E-state index >= 15 is 0 Å². The molecule has 3 aromatic rings. The number of likely N-dealkylation sites (N-methyl/N-ethyl adjacent to an activating group) is 1. The van der Waals surface area contributed by atoms with Crippen LogP contribution in [0, 0.1) is 12.8 Å². The second kappa shape index (κ2) is 9.47. The summed E-state index contributed by atoms with van der Waals surface area (Å²) in [5, 5.41) is 5.21. The Hall–Kier alpha value is -3.38. The van der Waals surface area contributed by atoms with Crippen molar-refractivity contribution in [3.8, 4) is 0 Å². The van der Waals surface area contributed by atoms with Crippen molar-refractivity contribution < 1.29 is 9.59 Å². The van der Waals surface area contributed by atoms with Crippen molar-refractivity contribution in [1.29, 1.82) is 0 Å². The molecule has 2 amide bonds. The first-order valence-electron chi connectivity index (χ1n) is 12.2. The Morgan fingerprint density at radius 2 is 1.76 bits per heavy atom. The van der Waals surface area contributed by atoms with Crippen LogP contribution in [0.3, 0.4) is 0 Å². The summed E-state index contributed by atoms with van der Waals surface area (Å²) in [6.07, 6.45) is 0.230. The number of aryl methyl sites for hydroxylation is 1. The molecule has 0 aromatic heterocycles. The largest absolute Gasteiger partial charge is 0.369 e. The smallest absolute Gasteiger partial charge is 0.229 e. The van der Waals surface area contributed by atoms with Gasteiger partial charge in [0.2, 0.25) is 11.8 Å². The molecule has 2 fully saturated rings. The number of carbonyl (C=O) groups excluding carboxylic acids is 2. The minimum atomic E-state index is -0.368. The Morgan fingerprint density at radius 1 is 1.00 bits per heavy atom. The fraction of sp³-hybridized carbons (Fsp3) is 0.357. The molecule has 2 aliphatic rings. The Bertz CT molecular complexity index is 1210. The number of fused-ring (bicyclic) bond motifs is 1. The van der Waals surface area contributed by atoms with E-state index in [4.69, 9.17) is 0 Å². The lowest BCUT2D eigenvalue weighted by molar-refractivity contribution is -0.122. The maximum absolute atomic E-state index is 13.1. The minimum Gasteiger partial charge on any atom is -0.369 e. The van der Waals surface area contributed by atoms with Crippen molar-refractivity contribution >= 4 is 39.6 Å². The summed E-state index contributed by atoms with van der Waals surface area (Å²) in [6.45, 7) is 9.94. The number of nitrogens with one attached hydrogen (secondary N) is 1. The fourth-order valence-corrected chi connectivity index (χ4v) is 5.10. The third-order valence-electron chi connectivity index (χ3n) is 7.21. The minimum absolute atomic E-state index is 0.00482. The highest BCUT2D eigenvalue weighted by Crippen LogP contribution is 2.32. The molecule has 34 heavy (non-hydrogen) atoms. The molecule has 2 aliphatic heterocycles. The molecule has 6 heteroatoms. The molecule has 0 radical (unpaired) electrons. The van der Waals surface area contributed by atoms with E-state index < -0.39 is 0 Å². The number of amides is 2. The van der Waals surface area contributed by atoms with Crippen LogP contribution in [0.2, 0.25) is 0 Å². The Balaban J connectivity index is 1.26. The monoisotopic (exact) mass is 456 g/mol. The average molecular weight is 457 g/mol. The molecule has 2 saturated heterocycles. The molecule has 6 nitrogen and oxygen atoms in total. The van der Waals surface area contributed by atoms with Gasteiger partial charge in [0, 0.05) is 55.9 Å². The lowest BCUT2D eigenvalue weighted by atomic mass is 10.1. The van der Waals surface area contributed by atoms with E-state index in [2.05, 4.69) is 34.2 Å². The molecule has 1 atom stereocenters. The van der Waals surface area contributed by atoms with Crippen molar-refractivity contribution in [2.75, 3.05) is 54.4 Å². The molecule has 0 aliphatic carbocycles. The van der Waals surface area contributed by atoms with Crippen LogP contribution in [-0.2, 0) is 9.59 Å². The SMILES string of the molecule is CCN1CCN(c2ccc(NC(=O)C3CC(=O)N(c4cccc5ccccc45)C3)c(C)c2)CC1. The van der Waals surface area contributed by atoms with Crippen LogP contribution in [0.4, 0.5) is 17.1 Å². The number of anilines is 3. The summed E-state index contributed by atoms with van der Waals surface area (Å²) in [4.78, 5) is 32.6. The standard InChI is InChI=1S/C28H32N4O2/c1-3-30-13-15-31(16-14-30)23-11-12-25(20(2)17-23)29-28(34)22-18-27(33)32(19-22)26-10-6-8-21-7-4-5-9-24(21)26/h4-12,17,22H,3,13-16,18-19H2,1-2H3,(H,29,34). The van der Waals surface area contributed by atoms with Crippen LogP contribution in [0.1, 0.15) is 18.9 Å². The topological polar surface area (TPSA) is 55.9 Å². The van der Waals surface area contributed by atoms with E-state index in [-0.39, 0.29) is 24.2 Å². The molecule has 0 spiro atoms. The van der Waals surface area contributed by atoms with Crippen LogP contribution < -0.4 is 15.1 Å². The predicted octanol–water partition coefficient (Wildman–Crippen LogP) is 4.28. The van der Waals surface area contributed by atoms with Gasteiger partial charge in [-0.2, -0.15) is 0 Å². The van der Waals surface area contributed by atoms with Gasteiger partial charge in [-0.3, -0.25) is 9.59 Å². The van der Waals surface area contributed by atoms with Gasteiger partial charge in [-0.15, -0.1) is 0 Å². The number of rotatable bonds is 5. The maximum Gasteiger partial charge on any atom is 0.229 e. The highest BCUT2D eigenvalue weighted by atomic mass is 16.2. The highest BCUT2D eigenvalue weighted by Gasteiger charge is 2.36. The van der Waals surface area contributed by atoms with E-state index in [0.29, 0.717) is 6.54 Å².